The SMILES string of the molecule is CCCC=C(SCC)C(=O)O. The minimum absolute atomic E-state index is 0.481. The van der Waals surface area contributed by atoms with Crippen molar-refractivity contribution in [2.24, 2.45) is 0 Å². The Morgan fingerprint density at radius 2 is 2.18 bits per heavy atom. The molecule has 0 saturated carbocycles. The van der Waals surface area contributed by atoms with E-state index in [0.29, 0.717) is 4.91 Å². The summed E-state index contributed by atoms with van der Waals surface area (Å²) in [5.41, 5.74) is 0. The molecule has 0 heterocycles. The van der Waals surface area contributed by atoms with Crippen LogP contribution in [0.3, 0.4) is 0 Å². The normalized spacial score (nSPS) is 11.6. The van der Waals surface area contributed by atoms with Gasteiger partial charge in [0.15, 0.2) is 0 Å². The first-order valence-electron chi connectivity index (χ1n) is 3.78. The topological polar surface area (TPSA) is 37.3 Å². The van der Waals surface area contributed by atoms with E-state index in [-0.39, 0.29) is 0 Å². The maximum absolute atomic E-state index is 10.5. The molecule has 64 valence electrons. The first kappa shape index (κ1) is 10.6. The zero-order valence-electron chi connectivity index (χ0n) is 6.96. The highest BCUT2D eigenvalue weighted by Crippen LogP contribution is 2.15. The second kappa shape index (κ2) is 6.28. The Hall–Kier alpha value is -0.440. The zero-order valence-corrected chi connectivity index (χ0v) is 7.78. The summed E-state index contributed by atoms with van der Waals surface area (Å²) in [5.74, 6) is 0.0206. The first-order valence-corrected chi connectivity index (χ1v) is 4.77. The van der Waals surface area contributed by atoms with Gasteiger partial charge in [-0.2, -0.15) is 0 Å². The third kappa shape index (κ3) is 4.90. The van der Waals surface area contributed by atoms with Gasteiger partial charge in [-0.1, -0.05) is 26.3 Å². The summed E-state index contributed by atoms with van der Waals surface area (Å²) in [7, 11) is 0. The Bertz CT molecular complexity index is 152. The third-order valence-electron chi connectivity index (χ3n) is 1.13. The van der Waals surface area contributed by atoms with Gasteiger partial charge in [-0.3, -0.25) is 0 Å². The van der Waals surface area contributed by atoms with Gasteiger partial charge in [0.2, 0.25) is 0 Å². The van der Waals surface area contributed by atoms with E-state index in [1.54, 1.807) is 6.08 Å². The molecule has 0 spiro atoms. The number of rotatable bonds is 5. The molecule has 0 aromatic heterocycles. The fourth-order valence-corrected chi connectivity index (χ4v) is 1.31. The number of carbonyl (C=O) groups is 1. The molecule has 2 nitrogen and oxygen atoms in total. The molecule has 0 bridgehead atoms. The molecular weight excluding hydrogens is 160 g/mol. The number of aliphatic carboxylic acids is 1. The fraction of sp³-hybridized carbons (Fsp3) is 0.625. The number of unbranched alkanes of at least 4 members (excludes halogenated alkanes) is 1. The van der Waals surface area contributed by atoms with E-state index in [0.717, 1.165) is 18.6 Å². The zero-order chi connectivity index (χ0) is 8.69. The Morgan fingerprint density at radius 1 is 1.55 bits per heavy atom. The molecule has 0 saturated heterocycles. The predicted molar refractivity (Wildman–Crippen MR) is 48.8 cm³/mol. The van der Waals surface area contributed by atoms with Crippen LogP contribution in [0.4, 0.5) is 0 Å². The number of hydrogen-bond acceptors (Lipinski definition) is 2. The highest BCUT2D eigenvalue weighted by atomic mass is 32.2. The Kier molecular flexibility index (Phi) is 6.03. The van der Waals surface area contributed by atoms with Crippen LogP contribution in [0.1, 0.15) is 26.7 Å². The second-order valence-electron chi connectivity index (χ2n) is 2.10. The van der Waals surface area contributed by atoms with Crippen LogP contribution in [0.25, 0.3) is 0 Å². The van der Waals surface area contributed by atoms with Crippen LogP contribution < -0.4 is 0 Å². The van der Waals surface area contributed by atoms with E-state index < -0.39 is 5.97 Å². The van der Waals surface area contributed by atoms with Crippen molar-refractivity contribution in [3.63, 3.8) is 0 Å². The molecule has 0 aromatic carbocycles. The average Bonchev–Trinajstić information content (AvgIpc) is 1.97. The van der Waals surface area contributed by atoms with Crippen LogP contribution in [0.2, 0.25) is 0 Å². The molecule has 0 aliphatic carbocycles. The van der Waals surface area contributed by atoms with Gasteiger partial charge in [-0.05, 0) is 12.2 Å². The van der Waals surface area contributed by atoms with E-state index in [4.69, 9.17) is 5.11 Å². The monoisotopic (exact) mass is 174 g/mol. The van der Waals surface area contributed by atoms with E-state index in [1.165, 1.54) is 11.8 Å². The Labute approximate surface area is 71.7 Å². The molecule has 0 fully saturated rings. The van der Waals surface area contributed by atoms with E-state index in [1.807, 2.05) is 13.8 Å². The maximum Gasteiger partial charge on any atom is 0.341 e. The smallest absolute Gasteiger partial charge is 0.341 e. The quantitative estimate of drug-likeness (QED) is 0.651. The van der Waals surface area contributed by atoms with Gasteiger partial charge in [-0.15, -0.1) is 11.8 Å². The van der Waals surface area contributed by atoms with Crippen molar-refractivity contribution in [3.05, 3.63) is 11.0 Å². The van der Waals surface area contributed by atoms with Crippen molar-refractivity contribution < 1.29 is 9.90 Å². The van der Waals surface area contributed by atoms with Crippen molar-refractivity contribution in [1.82, 2.24) is 0 Å². The second-order valence-corrected chi connectivity index (χ2v) is 3.40. The van der Waals surface area contributed by atoms with Crippen LogP contribution >= 0.6 is 11.8 Å². The standard InChI is InChI=1S/C8H14O2S/c1-3-5-6-7(8(9)10)11-4-2/h6H,3-5H2,1-2H3,(H,9,10). The molecule has 11 heavy (non-hydrogen) atoms. The predicted octanol–water partition coefficient (Wildman–Crippen LogP) is 2.51. The first-order chi connectivity index (χ1) is 5.22. The van der Waals surface area contributed by atoms with E-state index in [2.05, 4.69) is 0 Å². The van der Waals surface area contributed by atoms with Gasteiger partial charge in [0.25, 0.3) is 0 Å². The number of hydrogen-bond donors (Lipinski definition) is 1. The largest absolute Gasteiger partial charge is 0.477 e. The van der Waals surface area contributed by atoms with Gasteiger partial charge < -0.3 is 5.11 Å². The highest BCUT2D eigenvalue weighted by molar-refractivity contribution is 8.03. The lowest BCUT2D eigenvalue weighted by atomic mass is 10.3. The van der Waals surface area contributed by atoms with Gasteiger partial charge in [0.1, 0.15) is 0 Å². The summed E-state index contributed by atoms with van der Waals surface area (Å²) in [6, 6.07) is 0. The highest BCUT2D eigenvalue weighted by Gasteiger charge is 2.04. The summed E-state index contributed by atoms with van der Waals surface area (Å²) in [6.45, 7) is 3.99. The lowest BCUT2D eigenvalue weighted by Gasteiger charge is -1.97. The van der Waals surface area contributed by atoms with Gasteiger partial charge in [-0.25, -0.2) is 4.79 Å². The average molecular weight is 174 g/mol. The molecule has 0 rings (SSSR count). The minimum atomic E-state index is -0.801. The van der Waals surface area contributed by atoms with Crippen molar-refractivity contribution >= 4 is 17.7 Å². The van der Waals surface area contributed by atoms with Crippen molar-refractivity contribution in [1.29, 1.82) is 0 Å². The van der Waals surface area contributed by atoms with Gasteiger partial charge in [0.05, 0.1) is 4.91 Å². The number of allylic oxidation sites excluding steroid dienone is 1. The molecule has 0 atom stereocenters. The molecule has 0 unspecified atom stereocenters. The lowest BCUT2D eigenvalue weighted by Crippen LogP contribution is -1.96. The van der Waals surface area contributed by atoms with Crippen LogP contribution in [0.5, 0.6) is 0 Å². The molecule has 0 radical (unpaired) electrons. The van der Waals surface area contributed by atoms with Crippen LogP contribution in [0.15, 0.2) is 11.0 Å². The molecular formula is C8H14O2S. The van der Waals surface area contributed by atoms with Crippen molar-refractivity contribution in [3.8, 4) is 0 Å². The maximum atomic E-state index is 10.5. The van der Waals surface area contributed by atoms with Gasteiger partial charge >= 0.3 is 5.97 Å². The molecule has 0 aliphatic heterocycles. The number of carboxylic acid groups (broad SMARTS) is 1. The van der Waals surface area contributed by atoms with Gasteiger partial charge in [0, 0.05) is 0 Å². The van der Waals surface area contributed by atoms with Crippen LogP contribution in [-0.4, -0.2) is 16.8 Å². The minimum Gasteiger partial charge on any atom is -0.477 e. The molecule has 0 aromatic rings. The number of carboxylic acids is 1. The Balaban J connectivity index is 3.97. The molecule has 3 heteroatoms. The summed E-state index contributed by atoms with van der Waals surface area (Å²) >= 11 is 1.39. The van der Waals surface area contributed by atoms with E-state index in [9.17, 15) is 4.79 Å². The lowest BCUT2D eigenvalue weighted by molar-refractivity contribution is -0.131. The summed E-state index contributed by atoms with van der Waals surface area (Å²) in [4.78, 5) is 11.0. The Morgan fingerprint density at radius 3 is 2.55 bits per heavy atom. The molecule has 1 N–H and O–H groups in total. The van der Waals surface area contributed by atoms with E-state index >= 15 is 0 Å². The summed E-state index contributed by atoms with van der Waals surface area (Å²) in [5, 5.41) is 8.64. The number of thioether (sulfide) groups is 1. The summed E-state index contributed by atoms with van der Waals surface area (Å²) < 4.78 is 0. The molecule has 0 aliphatic rings. The molecule has 0 amide bonds. The third-order valence-corrected chi connectivity index (χ3v) is 2.07. The summed E-state index contributed by atoms with van der Waals surface area (Å²) in [6.07, 6.45) is 3.65. The van der Waals surface area contributed by atoms with Crippen LogP contribution in [0, 0.1) is 0 Å². The fourth-order valence-electron chi connectivity index (χ4n) is 0.639. The van der Waals surface area contributed by atoms with Crippen molar-refractivity contribution in [2.75, 3.05) is 5.75 Å². The van der Waals surface area contributed by atoms with Crippen molar-refractivity contribution in [2.45, 2.75) is 26.7 Å². The van der Waals surface area contributed by atoms with Crippen LogP contribution in [-0.2, 0) is 4.79 Å².